The first-order chi connectivity index (χ1) is 13.5. The summed E-state index contributed by atoms with van der Waals surface area (Å²) in [4.78, 5) is 30.3. The van der Waals surface area contributed by atoms with E-state index in [9.17, 15) is 14.9 Å². The molecular formula is C20H16N4O4. The summed E-state index contributed by atoms with van der Waals surface area (Å²) in [5.41, 5.74) is 2.13. The van der Waals surface area contributed by atoms with Gasteiger partial charge in [-0.15, -0.1) is 0 Å². The summed E-state index contributed by atoms with van der Waals surface area (Å²) in [6, 6.07) is 13.1. The topological polar surface area (TPSA) is 107 Å². The fourth-order valence-corrected chi connectivity index (χ4v) is 2.34. The lowest BCUT2D eigenvalue weighted by Gasteiger charge is -2.09. The zero-order chi connectivity index (χ0) is 19.9. The number of hydrogen-bond acceptors (Lipinski definition) is 6. The molecule has 0 spiro atoms. The number of carbonyl (C=O) groups excluding carboxylic acids is 1. The Hall–Kier alpha value is -4.07. The number of aromatic nitrogens is 2. The maximum Gasteiger partial charge on any atom is 0.321 e. The molecule has 0 bridgehead atoms. The summed E-state index contributed by atoms with van der Waals surface area (Å²) in [7, 11) is 0. The number of nitro groups is 1. The number of hydrogen-bond donors (Lipinski definition) is 1. The van der Waals surface area contributed by atoms with Gasteiger partial charge >= 0.3 is 6.01 Å². The first-order valence-corrected chi connectivity index (χ1v) is 8.30. The van der Waals surface area contributed by atoms with Gasteiger partial charge in [0.15, 0.2) is 0 Å². The monoisotopic (exact) mass is 376 g/mol. The van der Waals surface area contributed by atoms with Gasteiger partial charge in [-0.05, 0) is 60.5 Å². The minimum atomic E-state index is -0.472. The lowest BCUT2D eigenvalue weighted by molar-refractivity contribution is -0.384. The maximum atomic E-state index is 12.1. The smallest absolute Gasteiger partial charge is 0.321 e. The van der Waals surface area contributed by atoms with E-state index in [0.29, 0.717) is 17.0 Å². The molecule has 1 amide bonds. The third-order valence-corrected chi connectivity index (χ3v) is 3.74. The molecule has 0 aliphatic rings. The van der Waals surface area contributed by atoms with Gasteiger partial charge in [0.2, 0.25) is 5.91 Å². The molecule has 8 nitrogen and oxygen atoms in total. The Morgan fingerprint density at radius 3 is 2.50 bits per heavy atom. The number of nitrogens with one attached hydrogen (secondary N) is 1. The molecule has 3 rings (SSSR count). The van der Waals surface area contributed by atoms with Gasteiger partial charge in [0.05, 0.1) is 4.92 Å². The Bertz CT molecular complexity index is 1020. The average Bonchev–Trinajstić information content (AvgIpc) is 2.69. The Labute approximate surface area is 160 Å². The normalized spacial score (nSPS) is 10.6. The minimum absolute atomic E-state index is 0.000405. The number of aryl methyl sites for hydroxylation is 1. The molecule has 8 heteroatoms. The van der Waals surface area contributed by atoms with Crippen LogP contribution in [0.3, 0.4) is 0 Å². The van der Waals surface area contributed by atoms with Gasteiger partial charge < -0.3 is 10.1 Å². The van der Waals surface area contributed by atoms with Crippen LogP contribution in [0.2, 0.25) is 0 Å². The fourth-order valence-electron chi connectivity index (χ4n) is 2.34. The molecule has 0 fully saturated rings. The van der Waals surface area contributed by atoms with Crippen LogP contribution in [0.5, 0.6) is 11.8 Å². The number of benzene rings is 2. The van der Waals surface area contributed by atoms with Crippen LogP contribution in [0.15, 0.2) is 67.0 Å². The molecule has 140 valence electrons. The molecule has 0 unspecified atom stereocenters. The molecule has 0 atom stereocenters. The molecule has 1 aromatic heterocycles. The second-order valence-corrected chi connectivity index (χ2v) is 5.78. The molecule has 3 aromatic rings. The van der Waals surface area contributed by atoms with Crippen LogP contribution in [-0.2, 0) is 4.79 Å². The minimum Gasteiger partial charge on any atom is -0.424 e. The van der Waals surface area contributed by atoms with Crippen LogP contribution >= 0.6 is 0 Å². The second-order valence-electron chi connectivity index (χ2n) is 5.78. The molecule has 28 heavy (non-hydrogen) atoms. The van der Waals surface area contributed by atoms with Crippen LogP contribution < -0.4 is 10.1 Å². The van der Waals surface area contributed by atoms with Crippen molar-refractivity contribution in [3.05, 3.63) is 88.2 Å². The van der Waals surface area contributed by atoms with Gasteiger partial charge in [0.1, 0.15) is 5.75 Å². The zero-order valence-corrected chi connectivity index (χ0v) is 14.9. The summed E-state index contributed by atoms with van der Waals surface area (Å²) < 4.78 is 5.55. The highest BCUT2D eigenvalue weighted by Gasteiger charge is 2.06. The standard InChI is InChI=1S/C20H16N4O4/c1-14-13-17(28-20-21-11-2-12-22-20)8-9-18(14)23-19(25)10-5-15-3-6-16(7-4-15)24(26)27/h2-13H,1H3,(H,23,25). The lowest BCUT2D eigenvalue weighted by Crippen LogP contribution is -2.09. The summed E-state index contributed by atoms with van der Waals surface area (Å²) in [5, 5.41) is 13.4. The highest BCUT2D eigenvalue weighted by Crippen LogP contribution is 2.24. The summed E-state index contributed by atoms with van der Waals surface area (Å²) in [5.74, 6) is 0.240. The highest BCUT2D eigenvalue weighted by molar-refractivity contribution is 6.02. The van der Waals surface area contributed by atoms with Gasteiger partial charge in [-0.1, -0.05) is 0 Å². The van der Waals surface area contributed by atoms with Crippen molar-refractivity contribution in [3.8, 4) is 11.8 Å². The van der Waals surface area contributed by atoms with Crippen molar-refractivity contribution in [1.29, 1.82) is 0 Å². The number of anilines is 1. The largest absolute Gasteiger partial charge is 0.424 e. The second kappa shape index (κ2) is 8.54. The van der Waals surface area contributed by atoms with E-state index in [1.807, 2.05) is 6.92 Å². The Morgan fingerprint density at radius 1 is 1.14 bits per heavy atom. The Balaban J connectivity index is 1.62. The third kappa shape index (κ3) is 4.98. The first kappa shape index (κ1) is 18.7. The van der Waals surface area contributed by atoms with Crippen molar-refractivity contribution in [3.63, 3.8) is 0 Å². The van der Waals surface area contributed by atoms with Crippen LogP contribution in [0, 0.1) is 17.0 Å². The fraction of sp³-hybridized carbons (Fsp3) is 0.0500. The quantitative estimate of drug-likeness (QED) is 0.394. The van der Waals surface area contributed by atoms with Crippen molar-refractivity contribution in [2.45, 2.75) is 6.92 Å². The molecule has 0 aliphatic carbocycles. The van der Waals surface area contributed by atoms with Crippen LogP contribution in [0.25, 0.3) is 6.08 Å². The number of non-ortho nitro benzene ring substituents is 1. The maximum absolute atomic E-state index is 12.1. The van der Waals surface area contributed by atoms with Crippen molar-refractivity contribution >= 4 is 23.4 Å². The SMILES string of the molecule is Cc1cc(Oc2ncccn2)ccc1NC(=O)C=Cc1ccc([N+](=O)[O-])cc1. The average molecular weight is 376 g/mol. The molecular weight excluding hydrogens is 360 g/mol. The van der Waals surface area contributed by atoms with Crippen LogP contribution in [0.4, 0.5) is 11.4 Å². The molecule has 0 radical (unpaired) electrons. The number of nitro benzene ring substituents is 1. The number of rotatable bonds is 6. The van der Waals surface area contributed by atoms with Gasteiger partial charge in [-0.25, -0.2) is 9.97 Å². The van der Waals surface area contributed by atoms with Crippen molar-refractivity contribution in [1.82, 2.24) is 9.97 Å². The summed E-state index contributed by atoms with van der Waals surface area (Å²) in [6.07, 6.45) is 6.11. The Morgan fingerprint density at radius 2 is 1.86 bits per heavy atom. The summed E-state index contributed by atoms with van der Waals surface area (Å²) >= 11 is 0. The van der Waals surface area contributed by atoms with E-state index in [-0.39, 0.29) is 17.6 Å². The number of ether oxygens (including phenoxy) is 1. The molecule has 0 saturated heterocycles. The van der Waals surface area contributed by atoms with E-state index in [1.54, 1.807) is 54.9 Å². The van der Waals surface area contributed by atoms with Gasteiger partial charge in [-0.2, -0.15) is 0 Å². The number of amides is 1. The lowest BCUT2D eigenvalue weighted by atomic mass is 10.1. The van der Waals surface area contributed by atoms with Crippen molar-refractivity contribution in [2.75, 3.05) is 5.32 Å². The van der Waals surface area contributed by atoms with E-state index in [2.05, 4.69) is 15.3 Å². The van der Waals surface area contributed by atoms with Gasteiger partial charge in [0, 0.05) is 36.3 Å². The highest BCUT2D eigenvalue weighted by atomic mass is 16.6. The van der Waals surface area contributed by atoms with Crippen LogP contribution in [0.1, 0.15) is 11.1 Å². The molecule has 0 aliphatic heterocycles. The van der Waals surface area contributed by atoms with Gasteiger partial charge in [0.25, 0.3) is 5.69 Å². The van der Waals surface area contributed by atoms with E-state index >= 15 is 0 Å². The zero-order valence-electron chi connectivity index (χ0n) is 14.9. The van der Waals surface area contributed by atoms with Crippen LogP contribution in [-0.4, -0.2) is 20.8 Å². The predicted molar refractivity (Wildman–Crippen MR) is 104 cm³/mol. The van der Waals surface area contributed by atoms with Crippen molar-refractivity contribution < 1.29 is 14.5 Å². The Kier molecular flexibility index (Phi) is 5.71. The van der Waals surface area contributed by atoms with E-state index in [0.717, 1.165) is 5.56 Å². The van der Waals surface area contributed by atoms with Gasteiger partial charge in [-0.3, -0.25) is 14.9 Å². The molecule has 2 aromatic carbocycles. The molecule has 1 N–H and O–H groups in total. The van der Waals surface area contributed by atoms with E-state index < -0.39 is 4.92 Å². The number of nitrogens with zero attached hydrogens (tertiary/aromatic N) is 3. The third-order valence-electron chi connectivity index (χ3n) is 3.74. The van der Waals surface area contributed by atoms with E-state index in [1.165, 1.54) is 18.2 Å². The first-order valence-electron chi connectivity index (χ1n) is 8.30. The molecule has 0 saturated carbocycles. The predicted octanol–water partition coefficient (Wildman–Crippen LogP) is 4.14. The van der Waals surface area contributed by atoms with Crippen molar-refractivity contribution in [2.24, 2.45) is 0 Å². The molecule has 1 heterocycles. The number of carbonyl (C=O) groups is 1. The van der Waals surface area contributed by atoms with E-state index in [4.69, 9.17) is 4.74 Å². The summed E-state index contributed by atoms with van der Waals surface area (Å²) in [6.45, 7) is 1.84.